The van der Waals surface area contributed by atoms with Crippen molar-refractivity contribution in [2.24, 2.45) is 11.8 Å². The first kappa shape index (κ1) is 14.3. The van der Waals surface area contributed by atoms with Crippen LogP contribution < -0.4 is 5.32 Å². The lowest BCUT2D eigenvalue weighted by Crippen LogP contribution is -2.23. The van der Waals surface area contributed by atoms with Gasteiger partial charge in [0.1, 0.15) is 0 Å². The van der Waals surface area contributed by atoms with Crippen molar-refractivity contribution in [1.82, 2.24) is 5.32 Å². The highest BCUT2D eigenvalue weighted by Crippen LogP contribution is 2.14. The van der Waals surface area contributed by atoms with Gasteiger partial charge in [0.05, 0.1) is 0 Å². The molecular weight excluding hydrogens is 190 g/mol. The zero-order valence-electron chi connectivity index (χ0n) is 10.3. The molecule has 14 heavy (non-hydrogen) atoms. The highest BCUT2D eigenvalue weighted by Gasteiger charge is 2.03. The Bertz CT molecular complexity index is 117. The molecule has 0 saturated heterocycles. The molecule has 0 saturated carbocycles. The van der Waals surface area contributed by atoms with Crippen LogP contribution in [-0.2, 0) is 0 Å². The lowest BCUT2D eigenvalue weighted by molar-refractivity contribution is 0.555. The van der Waals surface area contributed by atoms with Crippen molar-refractivity contribution in [2.75, 3.05) is 24.6 Å². The van der Waals surface area contributed by atoms with E-state index in [0.29, 0.717) is 0 Å². The molecule has 0 aromatic rings. The average molecular weight is 217 g/mol. The maximum Gasteiger partial charge on any atom is -0.00153 e. The molecule has 86 valence electrons. The van der Waals surface area contributed by atoms with E-state index < -0.39 is 0 Å². The zero-order valence-corrected chi connectivity index (χ0v) is 11.1. The molecule has 1 N–H and O–H groups in total. The number of nitrogens with one attached hydrogen (secondary N) is 1. The highest BCUT2D eigenvalue weighted by atomic mass is 32.2. The molecule has 0 aromatic heterocycles. The van der Waals surface area contributed by atoms with E-state index in [-0.39, 0.29) is 0 Å². The molecule has 0 rings (SSSR count). The van der Waals surface area contributed by atoms with Crippen molar-refractivity contribution >= 4 is 11.8 Å². The second kappa shape index (κ2) is 9.85. The fourth-order valence-corrected chi connectivity index (χ4v) is 2.47. The minimum absolute atomic E-state index is 0.815. The molecular formula is C12H27NS. The third-order valence-electron chi connectivity index (χ3n) is 2.42. The molecule has 0 aliphatic rings. The third kappa shape index (κ3) is 8.89. The molecule has 2 heteroatoms. The molecule has 0 spiro atoms. The molecule has 0 radical (unpaired) electrons. The Morgan fingerprint density at radius 3 is 2.29 bits per heavy atom. The molecule has 0 heterocycles. The minimum atomic E-state index is 0.815. The van der Waals surface area contributed by atoms with Crippen molar-refractivity contribution in [3.8, 4) is 0 Å². The summed E-state index contributed by atoms with van der Waals surface area (Å²) in [6, 6.07) is 0. The van der Waals surface area contributed by atoms with Gasteiger partial charge in [-0.15, -0.1) is 0 Å². The van der Waals surface area contributed by atoms with Crippen LogP contribution in [0.25, 0.3) is 0 Å². The van der Waals surface area contributed by atoms with E-state index in [1.807, 2.05) is 0 Å². The summed E-state index contributed by atoms with van der Waals surface area (Å²) >= 11 is 2.11. The summed E-state index contributed by atoms with van der Waals surface area (Å²) in [6.45, 7) is 11.5. The summed E-state index contributed by atoms with van der Waals surface area (Å²) < 4.78 is 0. The Hall–Kier alpha value is 0.310. The van der Waals surface area contributed by atoms with Crippen LogP contribution in [0.1, 0.15) is 40.5 Å². The van der Waals surface area contributed by atoms with Gasteiger partial charge >= 0.3 is 0 Å². The molecule has 0 aliphatic heterocycles. The smallest absolute Gasteiger partial charge is 0.00153 e. The van der Waals surface area contributed by atoms with Gasteiger partial charge in [-0.25, -0.2) is 0 Å². The van der Waals surface area contributed by atoms with Gasteiger partial charge in [-0.05, 0) is 42.9 Å². The summed E-state index contributed by atoms with van der Waals surface area (Å²) in [5.74, 6) is 4.33. The Kier molecular flexibility index (Phi) is 10.1. The first-order valence-corrected chi connectivity index (χ1v) is 7.14. The van der Waals surface area contributed by atoms with E-state index in [0.717, 1.165) is 11.8 Å². The number of hydrogen-bond donors (Lipinski definition) is 1. The van der Waals surface area contributed by atoms with Crippen LogP contribution in [0.2, 0.25) is 0 Å². The van der Waals surface area contributed by atoms with Gasteiger partial charge in [-0.2, -0.15) is 11.8 Å². The van der Waals surface area contributed by atoms with Gasteiger partial charge in [-0.1, -0.05) is 34.1 Å². The Morgan fingerprint density at radius 1 is 1.07 bits per heavy atom. The second-order valence-electron chi connectivity index (χ2n) is 4.36. The zero-order chi connectivity index (χ0) is 10.8. The molecule has 0 aliphatic carbocycles. The Morgan fingerprint density at radius 2 is 1.71 bits per heavy atom. The van der Waals surface area contributed by atoms with E-state index >= 15 is 0 Å². The fraction of sp³-hybridized carbons (Fsp3) is 1.00. The van der Waals surface area contributed by atoms with E-state index in [1.165, 1.54) is 37.4 Å². The van der Waals surface area contributed by atoms with Gasteiger partial charge < -0.3 is 5.32 Å². The first-order chi connectivity index (χ1) is 6.70. The molecule has 2 unspecified atom stereocenters. The minimum Gasteiger partial charge on any atom is -0.316 e. The van der Waals surface area contributed by atoms with Gasteiger partial charge in [-0.3, -0.25) is 0 Å². The van der Waals surface area contributed by atoms with E-state index in [4.69, 9.17) is 0 Å². The SMILES string of the molecule is CCCNCC(C)CSCC(C)CC. The summed E-state index contributed by atoms with van der Waals surface area (Å²) in [4.78, 5) is 0. The molecule has 0 fully saturated rings. The van der Waals surface area contributed by atoms with Crippen molar-refractivity contribution in [3.63, 3.8) is 0 Å². The Balaban J connectivity index is 3.21. The summed E-state index contributed by atoms with van der Waals surface area (Å²) in [7, 11) is 0. The highest BCUT2D eigenvalue weighted by molar-refractivity contribution is 7.99. The summed E-state index contributed by atoms with van der Waals surface area (Å²) in [5, 5.41) is 3.47. The molecule has 1 nitrogen and oxygen atoms in total. The van der Waals surface area contributed by atoms with Crippen molar-refractivity contribution in [1.29, 1.82) is 0 Å². The van der Waals surface area contributed by atoms with E-state index in [2.05, 4.69) is 44.8 Å². The normalized spacial score (nSPS) is 15.4. The van der Waals surface area contributed by atoms with E-state index in [9.17, 15) is 0 Å². The summed E-state index contributed by atoms with van der Waals surface area (Å²) in [5.41, 5.74) is 0. The van der Waals surface area contributed by atoms with Crippen LogP contribution in [0.15, 0.2) is 0 Å². The second-order valence-corrected chi connectivity index (χ2v) is 5.44. The number of thioether (sulfide) groups is 1. The van der Waals surface area contributed by atoms with Crippen molar-refractivity contribution < 1.29 is 0 Å². The third-order valence-corrected chi connectivity index (χ3v) is 4.03. The van der Waals surface area contributed by atoms with E-state index in [1.54, 1.807) is 0 Å². The lowest BCUT2D eigenvalue weighted by Gasteiger charge is -2.13. The summed E-state index contributed by atoms with van der Waals surface area (Å²) in [6.07, 6.45) is 2.56. The largest absolute Gasteiger partial charge is 0.316 e. The van der Waals surface area contributed by atoms with Crippen LogP contribution in [0.3, 0.4) is 0 Å². The number of hydrogen-bond acceptors (Lipinski definition) is 2. The maximum atomic E-state index is 3.47. The van der Waals surface area contributed by atoms with Crippen LogP contribution in [0.4, 0.5) is 0 Å². The molecule has 0 amide bonds. The lowest BCUT2D eigenvalue weighted by atomic mass is 10.2. The maximum absolute atomic E-state index is 3.47. The average Bonchev–Trinajstić information content (AvgIpc) is 2.18. The van der Waals surface area contributed by atoms with Crippen LogP contribution in [0, 0.1) is 11.8 Å². The quantitative estimate of drug-likeness (QED) is 0.594. The van der Waals surface area contributed by atoms with Gasteiger partial charge in [0.25, 0.3) is 0 Å². The van der Waals surface area contributed by atoms with Gasteiger partial charge in [0.15, 0.2) is 0 Å². The van der Waals surface area contributed by atoms with Crippen LogP contribution in [0.5, 0.6) is 0 Å². The predicted molar refractivity (Wildman–Crippen MR) is 69.1 cm³/mol. The van der Waals surface area contributed by atoms with Gasteiger partial charge in [0.2, 0.25) is 0 Å². The predicted octanol–water partition coefficient (Wildman–Crippen LogP) is 3.40. The van der Waals surface area contributed by atoms with Crippen LogP contribution >= 0.6 is 11.8 Å². The Labute approximate surface area is 94.4 Å². The molecule has 0 aromatic carbocycles. The molecule has 2 atom stereocenters. The van der Waals surface area contributed by atoms with Crippen molar-refractivity contribution in [2.45, 2.75) is 40.5 Å². The monoisotopic (exact) mass is 217 g/mol. The topological polar surface area (TPSA) is 12.0 Å². The first-order valence-electron chi connectivity index (χ1n) is 5.99. The molecule has 0 bridgehead atoms. The number of rotatable bonds is 9. The van der Waals surface area contributed by atoms with Crippen molar-refractivity contribution in [3.05, 3.63) is 0 Å². The standard InChI is InChI=1S/C12H27NS/c1-5-7-13-8-12(4)10-14-9-11(3)6-2/h11-13H,5-10H2,1-4H3. The van der Waals surface area contributed by atoms with Crippen LogP contribution in [-0.4, -0.2) is 24.6 Å². The fourth-order valence-electron chi connectivity index (χ4n) is 1.17. The van der Waals surface area contributed by atoms with Gasteiger partial charge in [0, 0.05) is 0 Å².